The van der Waals surface area contributed by atoms with Crippen LogP contribution in [0.2, 0.25) is 0 Å². The topological polar surface area (TPSA) is 49.2 Å². The molecule has 5 nitrogen and oxygen atoms in total. The Labute approximate surface area is 119 Å². The molecule has 0 unspecified atom stereocenters. The molecular formula is C14H18BN3O2. The Kier molecular flexibility index (Phi) is 2.95. The fourth-order valence-electron chi connectivity index (χ4n) is 2.15. The minimum absolute atomic E-state index is 0.329. The molecule has 2 heterocycles. The van der Waals surface area contributed by atoms with Crippen molar-refractivity contribution >= 4 is 12.6 Å². The summed E-state index contributed by atoms with van der Waals surface area (Å²) in [7, 11) is -0.351. The van der Waals surface area contributed by atoms with Crippen molar-refractivity contribution in [1.29, 1.82) is 0 Å². The van der Waals surface area contributed by atoms with Crippen LogP contribution in [0.1, 0.15) is 27.7 Å². The molecule has 1 fully saturated rings. The maximum Gasteiger partial charge on any atom is 0.494 e. The summed E-state index contributed by atoms with van der Waals surface area (Å²) in [6.07, 6.45) is 3.34. The summed E-state index contributed by atoms with van der Waals surface area (Å²) in [6.45, 7) is 8.21. The van der Waals surface area contributed by atoms with Gasteiger partial charge in [-0.15, -0.1) is 10.2 Å². The molecule has 0 atom stereocenters. The van der Waals surface area contributed by atoms with Crippen molar-refractivity contribution in [2.75, 3.05) is 0 Å². The van der Waals surface area contributed by atoms with Gasteiger partial charge in [-0.2, -0.15) is 0 Å². The van der Waals surface area contributed by atoms with E-state index in [2.05, 4.69) is 37.9 Å². The molecule has 104 valence electrons. The van der Waals surface area contributed by atoms with Crippen LogP contribution in [-0.2, 0) is 9.31 Å². The lowest BCUT2D eigenvalue weighted by molar-refractivity contribution is 0.00578. The van der Waals surface area contributed by atoms with Crippen molar-refractivity contribution in [3.63, 3.8) is 0 Å². The maximum absolute atomic E-state index is 6.06. The highest BCUT2D eigenvalue weighted by molar-refractivity contribution is 6.62. The zero-order valence-corrected chi connectivity index (χ0v) is 12.2. The highest BCUT2D eigenvalue weighted by atomic mass is 16.7. The van der Waals surface area contributed by atoms with Gasteiger partial charge in [0.2, 0.25) is 0 Å². The first kappa shape index (κ1) is 13.3. The average molecular weight is 271 g/mol. The molecule has 0 radical (unpaired) electrons. The van der Waals surface area contributed by atoms with E-state index in [4.69, 9.17) is 9.31 Å². The van der Waals surface area contributed by atoms with Gasteiger partial charge in [0.1, 0.15) is 12.7 Å². The van der Waals surface area contributed by atoms with Crippen LogP contribution < -0.4 is 5.46 Å². The number of benzene rings is 1. The van der Waals surface area contributed by atoms with Gasteiger partial charge in [-0.25, -0.2) is 0 Å². The largest absolute Gasteiger partial charge is 0.494 e. The third-order valence-electron chi connectivity index (χ3n) is 4.11. The van der Waals surface area contributed by atoms with Gasteiger partial charge < -0.3 is 9.31 Å². The highest BCUT2D eigenvalue weighted by Gasteiger charge is 2.51. The fourth-order valence-corrected chi connectivity index (χ4v) is 2.15. The molecular weight excluding hydrogens is 253 g/mol. The van der Waals surface area contributed by atoms with E-state index in [1.54, 1.807) is 12.7 Å². The van der Waals surface area contributed by atoms with Gasteiger partial charge in [0.15, 0.2) is 0 Å². The van der Waals surface area contributed by atoms with E-state index >= 15 is 0 Å². The van der Waals surface area contributed by atoms with Crippen LogP contribution in [-0.4, -0.2) is 33.1 Å². The van der Waals surface area contributed by atoms with Crippen molar-refractivity contribution < 1.29 is 9.31 Å². The summed E-state index contributed by atoms with van der Waals surface area (Å²) >= 11 is 0. The second-order valence-electron chi connectivity index (χ2n) is 6.05. The lowest BCUT2D eigenvalue weighted by atomic mass is 9.79. The Morgan fingerprint density at radius 3 is 2.20 bits per heavy atom. The predicted molar refractivity (Wildman–Crippen MR) is 77.1 cm³/mol. The third kappa shape index (κ3) is 2.15. The van der Waals surface area contributed by atoms with E-state index in [0.717, 1.165) is 11.2 Å². The summed E-state index contributed by atoms with van der Waals surface area (Å²) in [5, 5.41) is 7.64. The van der Waals surface area contributed by atoms with Crippen molar-refractivity contribution in [2.24, 2.45) is 0 Å². The van der Waals surface area contributed by atoms with E-state index in [9.17, 15) is 0 Å². The van der Waals surface area contributed by atoms with Crippen LogP contribution in [0.15, 0.2) is 36.9 Å². The monoisotopic (exact) mass is 271 g/mol. The Morgan fingerprint density at radius 2 is 1.60 bits per heavy atom. The fraction of sp³-hybridized carbons (Fsp3) is 0.429. The molecule has 1 aromatic heterocycles. The molecule has 0 spiro atoms. The van der Waals surface area contributed by atoms with E-state index in [1.165, 1.54) is 0 Å². The van der Waals surface area contributed by atoms with Gasteiger partial charge in [0, 0.05) is 5.69 Å². The molecule has 1 aromatic carbocycles. The standard InChI is InChI=1S/C14H18BN3O2/c1-13(2)14(3,4)20-15(19-13)11-6-5-7-12(8-11)18-9-16-17-10-18/h5-10H,1-4H3. The van der Waals surface area contributed by atoms with Gasteiger partial charge in [-0.05, 0) is 45.3 Å². The smallest absolute Gasteiger partial charge is 0.399 e. The zero-order valence-electron chi connectivity index (χ0n) is 12.2. The number of rotatable bonds is 2. The van der Waals surface area contributed by atoms with Crippen molar-refractivity contribution in [3.05, 3.63) is 36.9 Å². The van der Waals surface area contributed by atoms with Gasteiger partial charge in [0.25, 0.3) is 0 Å². The molecule has 20 heavy (non-hydrogen) atoms. The molecule has 0 saturated carbocycles. The first-order chi connectivity index (χ1) is 9.39. The van der Waals surface area contributed by atoms with Crippen molar-refractivity contribution in [2.45, 2.75) is 38.9 Å². The number of nitrogens with zero attached hydrogens (tertiary/aromatic N) is 3. The lowest BCUT2D eigenvalue weighted by Crippen LogP contribution is -2.41. The van der Waals surface area contributed by atoms with Gasteiger partial charge in [0.05, 0.1) is 11.2 Å². The number of aromatic nitrogens is 3. The maximum atomic E-state index is 6.06. The molecule has 1 aliphatic heterocycles. The molecule has 0 amide bonds. The third-order valence-corrected chi connectivity index (χ3v) is 4.11. The quantitative estimate of drug-likeness (QED) is 0.778. The van der Waals surface area contributed by atoms with Crippen LogP contribution in [0, 0.1) is 0 Å². The van der Waals surface area contributed by atoms with Crippen molar-refractivity contribution in [1.82, 2.24) is 14.8 Å². The second kappa shape index (κ2) is 4.43. The number of hydrogen-bond donors (Lipinski definition) is 0. The first-order valence-corrected chi connectivity index (χ1v) is 6.70. The second-order valence-corrected chi connectivity index (χ2v) is 6.05. The van der Waals surface area contributed by atoms with Crippen LogP contribution in [0.3, 0.4) is 0 Å². The van der Waals surface area contributed by atoms with Crippen molar-refractivity contribution in [3.8, 4) is 5.69 Å². The zero-order chi connectivity index (χ0) is 14.4. The summed E-state index contributed by atoms with van der Waals surface area (Å²) in [4.78, 5) is 0. The predicted octanol–water partition coefficient (Wildman–Crippen LogP) is 1.57. The molecule has 2 aromatic rings. The minimum Gasteiger partial charge on any atom is -0.399 e. The molecule has 6 heteroatoms. The summed E-state index contributed by atoms with van der Waals surface area (Å²) in [5.41, 5.74) is 1.33. The summed E-state index contributed by atoms with van der Waals surface area (Å²) in [6, 6.07) is 8.02. The van der Waals surface area contributed by atoms with E-state index in [0.29, 0.717) is 0 Å². The lowest BCUT2D eigenvalue weighted by Gasteiger charge is -2.32. The van der Waals surface area contributed by atoms with Crippen LogP contribution >= 0.6 is 0 Å². The Bertz CT molecular complexity index is 595. The van der Waals surface area contributed by atoms with E-state index < -0.39 is 0 Å². The molecule has 3 rings (SSSR count). The molecule has 0 N–H and O–H groups in total. The normalized spacial score (nSPS) is 20.3. The summed E-state index contributed by atoms with van der Waals surface area (Å²) < 4.78 is 14.0. The SMILES string of the molecule is CC1(C)OB(c2cccc(-n3cnnc3)c2)OC1(C)C. The Hall–Kier alpha value is -1.66. The minimum atomic E-state index is -0.351. The molecule has 0 bridgehead atoms. The molecule has 1 saturated heterocycles. The molecule has 1 aliphatic rings. The summed E-state index contributed by atoms with van der Waals surface area (Å²) in [5.74, 6) is 0. The Balaban J connectivity index is 1.91. The first-order valence-electron chi connectivity index (χ1n) is 6.70. The van der Waals surface area contributed by atoms with Crippen LogP contribution in [0.4, 0.5) is 0 Å². The van der Waals surface area contributed by atoms with E-state index in [1.807, 2.05) is 28.8 Å². The van der Waals surface area contributed by atoms with Crippen LogP contribution in [0.25, 0.3) is 5.69 Å². The molecule has 0 aliphatic carbocycles. The van der Waals surface area contributed by atoms with Crippen LogP contribution in [0.5, 0.6) is 0 Å². The van der Waals surface area contributed by atoms with Gasteiger partial charge >= 0.3 is 7.12 Å². The van der Waals surface area contributed by atoms with E-state index in [-0.39, 0.29) is 18.3 Å². The Morgan fingerprint density at radius 1 is 1.00 bits per heavy atom. The average Bonchev–Trinajstić information content (AvgIpc) is 2.97. The van der Waals surface area contributed by atoms with Gasteiger partial charge in [-0.1, -0.05) is 12.1 Å². The van der Waals surface area contributed by atoms with Gasteiger partial charge in [-0.3, -0.25) is 4.57 Å². The highest BCUT2D eigenvalue weighted by Crippen LogP contribution is 2.36. The number of hydrogen-bond acceptors (Lipinski definition) is 4.